The van der Waals surface area contributed by atoms with E-state index in [1.807, 2.05) is 0 Å². The lowest BCUT2D eigenvalue weighted by molar-refractivity contribution is 0.697. The van der Waals surface area contributed by atoms with E-state index in [0.717, 1.165) is 6.54 Å². The Balaban J connectivity index is 2.62. The largest absolute Gasteiger partial charge is 0.282 e. The molecule has 0 saturated carbocycles. The fourth-order valence-electron chi connectivity index (χ4n) is 0.506. The van der Waals surface area contributed by atoms with Gasteiger partial charge in [-0.3, -0.25) is 5.32 Å². The second kappa shape index (κ2) is 6.89. The molecule has 1 radical (unpaired) electrons. The molecule has 0 aliphatic rings. The average Bonchev–Trinajstić information content (AvgIpc) is 1.81. The molecule has 0 aliphatic heterocycles. The van der Waals surface area contributed by atoms with Gasteiger partial charge in [-0.1, -0.05) is 32.0 Å². The van der Waals surface area contributed by atoms with E-state index in [1.54, 1.807) is 0 Å². The van der Waals surface area contributed by atoms with E-state index in [4.69, 9.17) is 0 Å². The van der Waals surface area contributed by atoms with Gasteiger partial charge in [0.15, 0.2) is 0 Å². The Hall–Kier alpha value is -0.110. The predicted octanol–water partition coefficient (Wildman–Crippen LogP) is 1.74. The topological polar surface area (TPSA) is 14.1 Å². The van der Waals surface area contributed by atoms with Gasteiger partial charge in [0.1, 0.15) is 0 Å². The lowest BCUT2D eigenvalue weighted by Gasteiger charge is -1.92. The molecule has 0 aliphatic carbocycles. The van der Waals surface area contributed by atoms with E-state index in [9.17, 15) is 0 Å². The molecule has 0 aromatic carbocycles. The van der Waals surface area contributed by atoms with Crippen LogP contribution in [0.4, 0.5) is 0 Å². The first-order valence-electron chi connectivity index (χ1n) is 3.02. The molecule has 0 aromatic rings. The van der Waals surface area contributed by atoms with Crippen molar-refractivity contribution in [2.75, 3.05) is 6.54 Å². The summed E-state index contributed by atoms with van der Waals surface area (Å²) in [4.78, 5) is 0. The van der Waals surface area contributed by atoms with E-state index in [2.05, 4.69) is 24.5 Å². The zero-order chi connectivity index (χ0) is 6.24. The summed E-state index contributed by atoms with van der Waals surface area (Å²) in [5.74, 6) is 0. The number of unbranched alkanes of at least 4 members (excludes halogenated alkanes) is 2. The van der Waals surface area contributed by atoms with Crippen LogP contribution in [0.15, 0.2) is 0 Å². The van der Waals surface area contributed by atoms with Crippen LogP contribution in [0.25, 0.3) is 0 Å². The number of hydrogen-bond acceptors (Lipinski definition) is 1. The van der Waals surface area contributed by atoms with Crippen molar-refractivity contribution in [1.29, 1.82) is 0 Å². The second-order valence-corrected chi connectivity index (χ2v) is 1.93. The molecular weight excluding hydrogens is 118 g/mol. The van der Waals surface area contributed by atoms with Gasteiger partial charge < -0.3 is 0 Å². The van der Waals surface area contributed by atoms with Crippen LogP contribution in [0.1, 0.15) is 26.2 Å². The highest BCUT2D eigenvalue weighted by Gasteiger charge is 1.81. The molecule has 0 aromatic heterocycles. The van der Waals surface area contributed by atoms with Crippen molar-refractivity contribution in [3.8, 4) is 0 Å². The Kier molecular flexibility index (Phi) is 6.80. The van der Waals surface area contributed by atoms with Gasteiger partial charge >= 0.3 is 0 Å². The Morgan fingerprint density at radius 3 is 2.75 bits per heavy atom. The van der Waals surface area contributed by atoms with Gasteiger partial charge in [-0.25, -0.2) is 0 Å². The normalized spacial score (nSPS) is 8.62. The number of hydrogen-bond donors (Lipinski definition) is 0. The summed E-state index contributed by atoms with van der Waals surface area (Å²) in [7, 11) is 0. The van der Waals surface area contributed by atoms with Crippen LogP contribution in [0.2, 0.25) is 0 Å². The van der Waals surface area contributed by atoms with Gasteiger partial charge in [-0.15, -0.1) is 0 Å². The smallest absolute Gasteiger partial charge is 0.0842 e. The predicted molar refractivity (Wildman–Crippen MR) is 40.2 cm³/mol. The van der Waals surface area contributed by atoms with Crippen molar-refractivity contribution in [2.45, 2.75) is 26.2 Å². The van der Waals surface area contributed by atoms with E-state index in [-0.39, 0.29) is 0 Å². The number of thiocarbonyl (C=S) groups is 1. The molecule has 2 heteroatoms. The Morgan fingerprint density at radius 1 is 1.50 bits per heavy atom. The standard InChI is InChI=1S/C6H12NS/c1-2-3-4-5-7-6-8/h6H,2-5H2,1H3. The van der Waals surface area contributed by atoms with E-state index >= 15 is 0 Å². The molecule has 0 bridgehead atoms. The molecular formula is C6H12NS. The summed E-state index contributed by atoms with van der Waals surface area (Å²) in [5.41, 5.74) is 1.45. The molecule has 8 heavy (non-hydrogen) atoms. The van der Waals surface area contributed by atoms with Crippen LogP contribution in [-0.2, 0) is 0 Å². The van der Waals surface area contributed by atoms with Crippen molar-refractivity contribution in [3.63, 3.8) is 0 Å². The lowest BCUT2D eigenvalue weighted by atomic mass is 10.2. The molecule has 0 atom stereocenters. The van der Waals surface area contributed by atoms with E-state index in [0.29, 0.717) is 0 Å². The van der Waals surface area contributed by atoms with E-state index < -0.39 is 0 Å². The summed E-state index contributed by atoms with van der Waals surface area (Å²) in [5, 5.41) is 3.90. The molecule has 0 unspecified atom stereocenters. The Bertz CT molecular complexity index is 54.5. The highest BCUT2D eigenvalue weighted by molar-refractivity contribution is 7.78. The van der Waals surface area contributed by atoms with Crippen molar-refractivity contribution < 1.29 is 0 Å². The van der Waals surface area contributed by atoms with Crippen molar-refractivity contribution in [2.24, 2.45) is 0 Å². The van der Waals surface area contributed by atoms with Gasteiger partial charge in [0.05, 0.1) is 5.49 Å². The first kappa shape index (κ1) is 7.89. The third kappa shape index (κ3) is 5.89. The molecule has 0 fully saturated rings. The van der Waals surface area contributed by atoms with Crippen LogP contribution in [0.3, 0.4) is 0 Å². The molecule has 0 amide bonds. The van der Waals surface area contributed by atoms with Gasteiger partial charge in [-0.2, -0.15) is 0 Å². The first-order chi connectivity index (χ1) is 3.91. The number of nitrogens with zero attached hydrogens (tertiary/aromatic N) is 1. The average molecular weight is 130 g/mol. The van der Waals surface area contributed by atoms with Crippen LogP contribution < -0.4 is 5.32 Å². The summed E-state index contributed by atoms with van der Waals surface area (Å²) in [6.45, 7) is 3.09. The first-order valence-corrected chi connectivity index (χ1v) is 3.49. The van der Waals surface area contributed by atoms with Crippen LogP contribution in [-0.4, -0.2) is 12.0 Å². The van der Waals surface area contributed by atoms with Crippen LogP contribution >= 0.6 is 12.2 Å². The highest BCUT2D eigenvalue weighted by atomic mass is 32.1. The summed E-state index contributed by atoms with van der Waals surface area (Å²) < 4.78 is 0. The Morgan fingerprint density at radius 2 is 2.25 bits per heavy atom. The fraction of sp³-hybridized carbons (Fsp3) is 0.833. The zero-order valence-corrected chi connectivity index (χ0v) is 6.08. The minimum atomic E-state index is 0.914. The maximum atomic E-state index is 4.51. The molecule has 0 N–H and O–H groups in total. The minimum Gasteiger partial charge on any atom is -0.282 e. The summed E-state index contributed by atoms with van der Waals surface area (Å²) in [6.07, 6.45) is 3.71. The molecule has 0 heterocycles. The molecule has 47 valence electrons. The molecule has 0 saturated heterocycles. The summed E-state index contributed by atoms with van der Waals surface area (Å²) >= 11 is 4.51. The lowest BCUT2D eigenvalue weighted by Crippen LogP contribution is -2.01. The highest BCUT2D eigenvalue weighted by Crippen LogP contribution is 1.90. The van der Waals surface area contributed by atoms with Crippen LogP contribution in [0, 0.1) is 0 Å². The van der Waals surface area contributed by atoms with Gasteiger partial charge in [-0.05, 0) is 6.42 Å². The summed E-state index contributed by atoms with van der Waals surface area (Å²) in [6, 6.07) is 0. The minimum absolute atomic E-state index is 0.914. The molecule has 0 spiro atoms. The maximum Gasteiger partial charge on any atom is 0.0842 e. The third-order valence-corrected chi connectivity index (χ3v) is 1.11. The quantitative estimate of drug-likeness (QED) is 0.408. The Labute approximate surface area is 56.5 Å². The molecule has 0 rings (SSSR count). The second-order valence-electron chi connectivity index (χ2n) is 1.72. The monoisotopic (exact) mass is 130 g/mol. The fourth-order valence-corrected chi connectivity index (χ4v) is 0.611. The third-order valence-electron chi connectivity index (χ3n) is 0.965. The van der Waals surface area contributed by atoms with Crippen molar-refractivity contribution in [1.82, 2.24) is 5.32 Å². The van der Waals surface area contributed by atoms with Crippen LogP contribution in [0.5, 0.6) is 0 Å². The number of rotatable bonds is 5. The van der Waals surface area contributed by atoms with Gasteiger partial charge in [0.2, 0.25) is 0 Å². The van der Waals surface area contributed by atoms with Gasteiger partial charge in [0, 0.05) is 6.54 Å². The van der Waals surface area contributed by atoms with Gasteiger partial charge in [0.25, 0.3) is 0 Å². The molecule has 1 nitrogen and oxygen atoms in total. The van der Waals surface area contributed by atoms with Crippen molar-refractivity contribution in [3.05, 3.63) is 0 Å². The SMILES string of the molecule is CCCCC[N]C=S. The van der Waals surface area contributed by atoms with E-state index in [1.165, 1.54) is 24.8 Å². The van der Waals surface area contributed by atoms with Crippen molar-refractivity contribution >= 4 is 17.7 Å². The maximum absolute atomic E-state index is 4.51. The zero-order valence-electron chi connectivity index (χ0n) is 5.26.